The van der Waals surface area contributed by atoms with Gasteiger partial charge in [0.1, 0.15) is 12.2 Å². The summed E-state index contributed by atoms with van der Waals surface area (Å²) in [6, 6.07) is 5.35. The molecule has 0 fully saturated rings. The maximum absolute atomic E-state index is 10.7. The molecule has 2 unspecified atom stereocenters. The van der Waals surface area contributed by atoms with Crippen molar-refractivity contribution >= 4 is 37.8 Å². The summed E-state index contributed by atoms with van der Waals surface area (Å²) in [6.45, 7) is 1.36. The van der Waals surface area contributed by atoms with Crippen LogP contribution in [-0.4, -0.2) is 28.8 Å². The normalized spacial score (nSPS) is 14.2. The highest BCUT2D eigenvalue weighted by Gasteiger charge is 2.22. The topological polar surface area (TPSA) is 69.6 Å². The minimum Gasteiger partial charge on any atom is -0.388 e. The van der Waals surface area contributed by atoms with E-state index in [2.05, 4.69) is 37.2 Å². The average molecular weight is 367 g/mol. The molecule has 0 bridgehead atoms. The van der Waals surface area contributed by atoms with Crippen LogP contribution in [0, 0.1) is 0 Å². The summed E-state index contributed by atoms with van der Waals surface area (Å²) in [5.74, 6) is -0.248. The van der Waals surface area contributed by atoms with E-state index in [1.165, 1.54) is 6.92 Å². The summed E-state index contributed by atoms with van der Waals surface area (Å²) in [4.78, 5) is 10.7. The van der Waals surface area contributed by atoms with Gasteiger partial charge < -0.3 is 15.5 Å². The van der Waals surface area contributed by atoms with Gasteiger partial charge in [-0.2, -0.15) is 0 Å². The molecule has 17 heavy (non-hydrogen) atoms. The van der Waals surface area contributed by atoms with Crippen molar-refractivity contribution in [2.24, 2.45) is 0 Å². The number of aliphatic hydroxyl groups is 2. The number of benzene rings is 1. The van der Waals surface area contributed by atoms with Crippen molar-refractivity contribution in [2.75, 3.05) is 6.54 Å². The molecule has 4 nitrogen and oxygen atoms in total. The zero-order valence-electron chi connectivity index (χ0n) is 9.15. The Morgan fingerprint density at radius 2 is 1.88 bits per heavy atom. The van der Waals surface area contributed by atoms with Gasteiger partial charge in [0.05, 0.1) is 0 Å². The Labute approximate surface area is 116 Å². The predicted molar refractivity (Wildman–Crippen MR) is 71.5 cm³/mol. The van der Waals surface area contributed by atoms with Crippen LogP contribution in [0.3, 0.4) is 0 Å². The highest BCUT2D eigenvalue weighted by molar-refractivity contribution is 9.11. The van der Waals surface area contributed by atoms with Gasteiger partial charge in [-0.05, 0) is 12.1 Å². The van der Waals surface area contributed by atoms with Gasteiger partial charge in [-0.15, -0.1) is 0 Å². The molecule has 3 N–H and O–H groups in total. The van der Waals surface area contributed by atoms with Gasteiger partial charge in [0.25, 0.3) is 0 Å². The number of carbonyl (C=O) groups excluding carboxylic acids is 1. The maximum Gasteiger partial charge on any atom is 0.216 e. The van der Waals surface area contributed by atoms with Crippen LogP contribution < -0.4 is 5.32 Å². The first-order chi connectivity index (χ1) is 7.93. The van der Waals surface area contributed by atoms with Crippen LogP contribution in [0.4, 0.5) is 0 Å². The number of hydrogen-bond donors (Lipinski definition) is 3. The van der Waals surface area contributed by atoms with E-state index < -0.39 is 12.2 Å². The molecule has 0 aliphatic carbocycles. The summed E-state index contributed by atoms with van der Waals surface area (Å²) in [5, 5.41) is 22.2. The number of halogens is 2. The Bertz CT molecular complexity index is 391. The number of rotatable bonds is 4. The smallest absolute Gasteiger partial charge is 0.216 e. The van der Waals surface area contributed by atoms with Crippen molar-refractivity contribution < 1.29 is 15.0 Å². The molecular weight excluding hydrogens is 354 g/mol. The van der Waals surface area contributed by atoms with Gasteiger partial charge in [-0.1, -0.05) is 37.9 Å². The fourth-order valence-corrected chi connectivity index (χ4v) is 2.81. The molecule has 0 spiro atoms. The lowest BCUT2D eigenvalue weighted by atomic mass is 10.0. The third-order valence-corrected chi connectivity index (χ3v) is 3.60. The van der Waals surface area contributed by atoms with Gasteiger partial charge in [0.15, 0.2) is 0 Å². The largest absolute Gasteiger partial charge is 0.388 e. The summed E-state index contributed by atoms with van der Waals surface area (Å²) >= 11 is 6.62. The van der Waals surface area contributed by atoms with Gasteiger partial charge >= 0.3 is 0 Å². The van der Waals surface area contributed by atoms with Gasteiger partial charge in [0.2, 0.25) is 5.91 Å². The molecule has 0 aliphatic heterocycles. The molecule has 1 aromatic carbocycles. The number of nitrogens with one attached hydrogen (secondary N) is 1. The highest BCUT2D eigenvalue weighted by Crippen LogP contribution is 2.32. The van der Waals surface area contributed by atoms with E-state index in [1.807, 2.05) is 6.07 Å². The Morgan fingerprint density at radius 3 is 2.35 bits per heavy atom. The molecule has 94 valence electrons. The Hall–Kier alpha value is -0.430. The molecule has 1 amide bonds. The summed E-state index contributed by atoms with van der Waals surface area (Å²) in [7, 11) is 0. The monoisotopic (exact) mass is 365 g/mol. The second-order valence-corrected chi connectivity index (χ2v) is 5.29. The van der Waals surface area contributed by atoms with Gasteiger partial charge in [-0.3, -0.25) is 4.79 Å². The van der Waals surface area contributed by atoms with Crippen LogP contribution >= 0.6 is 31.9 Å². The first-order valence-electron chi connectivity index (χ1n) is 4.98. The second-order valence-electron chi connectivity index (χ2n) is 3.58. The lowest BCUT2D eigenvalue weighted by molar-refractivity contribution is -0.119. The van der Waals surface area contributed by atoms with Crippen molar-refractivity contribution in [3.63, 3.8) is 0 Å². The molecule has 0 saturated heterocycles. The van der Waals surface area contributed by atoms with E-state index in [0.29, 0.717) is 14.5 Å². The standard InChI is InChI=1S/C11H13Br2NO3/c1-6(15)14-5-9(16)11(17)10-7(12)3-2-4-8(10)13/h2-4,9,11,16-17H,5H2,1H3,(H,14,15). The van der Waals surface area contributed by atoms with Crippen LogP contribution in [0.2, 0.25) is 0 Å². The van der Waals surface area contributed by atoms with Gasteiger partial charge in [0, 0.05) is 28.0 Å². The summed E-state index contributed by atoms with van der Waals surface area (Å²) < 4.78 is 1.39. The van der Waals surface area contributed by atoms with Crippen LogP contribution in [0.25, 0.3) is 0 Å². The Morgan fingerprint density at radius 1 is 1.35 bits per heavy atom. The van der Waals surface area contributed by atoms with Gasteiger partial charge in [-0.25, -0.2) is 0 Å². The molecule has 1 rings (SSSR count). The molecule has 0 aromatic heterocycles. The molecule has 6 heteroatoms. The van der Waals surface area contributed by atoms with Crippen molar-refractivity contribution in [3.8, 4) is 0 Å². The van der Waals surface area contributed by atoms with Crippen LogP contribution in [0.1, 0.15) is 18.6 Å². The minimum absolute atomic E-state index is 0.00424. The molecule has 0 heterocycles. The predicted octanol–water partition coefficient (Wildman–Crippen LogP) is 1.74. The lowest BCUT2D eigenvalue weighted by Crippen LogP contribution is -2.34. The highest BCUT2D eigenvalue weighted by atomic mass is 79.9. The molecular formula is C11H13Br2NO3. The van der Waals surface area contributed by atoms with Crippen molar-refractivity contribution in [3.05, 3.63) is 32.7 Å². The van der Waals surface area contributed by atoms with Crippen LogP contribution in [0.5, 0.6) is 0 Å². The van der Waals surface area contributed by atoms with E-state index in [0.717, 1.165) is 0 Å². The lowest BCUT2D eigenvalue weighted by Gasteiger charge is -2.20. The fraction of sp³-hybridized carbons (Fsp3) is 0.364. The summed E-state index contributed by atoms with van der Waals surface area (Å²) in [5.41, 5.74) is 0.561. The molecule has 0 saturated carbocycles. The Kier molecular flexibility index (Phi) is 5.58. The zero-order valence-corrected chi connectivity index (χ0v) is 12.3. The van der Waals surface area contributed by atoms with Crippen LogP contribution in [-0.2, 0) is 4.79 Å². The number of hydrogen-bond acceptors (Lipinski definition) is 3. The van der Waals surface area contributed by atoms with E-state index in [-0.39, 0.29) is 12.5 Å². The third kappa shape index (κ3) is 4.06. The van der Waals surface area contributed by atoms with Crippen molar-refractivity contribution in [2.45, 2.75) is 19.1 Å². The summed E-state index contributed by atoms with van der Waals surface area (Å²) in [6.07, 6.45) is -2.14. The second kappa shape index (κ2) is 6.49. The zero-order chi connectivity index (χ0) is 13.0. The Balaban J connectivity index is 2.81. The van der Waals surface area contributed by atoms with E-state index in [9.17, 15) is 15.0 Å². The molecule has 0 aliphatic rings. The number of amides is 1. The molecule has 1 aromatic rings. The average Bonchev–Trinajstić information content (AvgIpc) is 2.25. The van der Waals surface area contributed by atoms with E-state index in [4.69, 9.17) is 0 Å². The van der Waals surface area contributed by atoms with E-state index in [1.54, 1.807) is 12.1 Å². The third-order valence-electron chi connectivity index (χ3n) is 2.22. The number of carbonyl (C=O) groups is 1. The fourth-order valence-electron chi connectivity index (χ4n) is 1.35. The maximum atomic E-state index is 10.7. The first kappa shape index (κ1) is 14.6. The first-order valence-corrected chi connectivity index (χ1v) is 6.56. The SMILES string of the molecule is CC(=O)NCC(O)C(O)c1c(Br)cccc1Br. The van der Waals surface area contributed by atoms with E-state index >= 15 is 0 Å². The quantitative estimate of drug-likeness (QED) is 0.760. The van der Waals surface area contributed by atoms with Crippen molar-refractivity contribution in [1.29, 1.82) is 0 Å². The molecule has 2 atom stereocenters. The minimum atomic E-state index is -1.08. The number of aliphatic hydroxyl groups excluding tert-OH is 2. The van der Waals surface area contributed by atoms with Crippen LogP contribution in [0.15, 0.2) is 27.1 Å². The van der Waals surface area contributed by atoms with Crippen molar-refractivity contribution in [1.82, 2.24) is 5.32 Å². The molecule has 0 radical (unpaired) electrons.